The van der Waals surface area contributed by atoms with E-state index in [0.717, 1.165) is 30.6 Å². The lowest BCUT2D eigenvalue weighted by molar-refractivity contribution is -0.136. The van der Waals surface area contributed by atoms with Crippen molar-refractivity contribution in [3.8, 4) is 0 Å². The Balaban J connectivity index is 1.30. The maximum atomic E-state index is 13.0. The minimum atomic E-state index is -0.560. The van der Waals surface area contributed by atoms with E-state index in [9.17, 15) is 14.4 Å². The van der Waals surface area contributed by atoms with E-state index in [-0.39, 0.29) is 24.1 Å². The lowest BCUT2D eigenvalue weighted by atomic mass is 10.0. The Hall–Kier alpha value is -2.25. The summed E-state index contributed by atoms with van der Waals surface area (Å²) in [6, 6.07) is 6.04. The normalized spacial score (nSPS) is 22.3. The lowest BCUT2D eigenvalue weighted by Crippen LogP contribution is -2.52. The molecule has 1 unspecified atom stereocenters. The van der Waals surface area contributed by atoms with E-state index in [1.165, 1.54) is 25.7 Å². The van der Waals surface area contributed by atoms with Gasteiger partial charge in [-0.25, -0.2) is 0 Å². The van der Waals surface area contributed by atoms with Crippen molar-refractivity contribution in [3.05, 3.63) is 34.9 Å². The summed E-state index contributed by atoms with van der Waals surface area (Å²) in [5, 5.41) is 9.42. The van der Waals surface area contributed by atoms with E-state index in [1.807, 2.05) is 18.2 Å². The number of imide groups is 1. The Labute approximate surface area is 171 Å². The molecule has 4 rings (SSSR count). The van der Waals surface area contributed by atoms with Crippen molar-refractivity contribution < 1.29 is 14.4 Å². The zero-order valence-electron chi connectivity index (χ0n) is 16.8. The number of rotatable bonds is 8. The van der Waals surface area contributed by atoms with Crippen LogP contribution in [0.2, 0.25) is 0 Å². The zero-order valence-corrected chi connectivity index (χ0v) is 16.8. The highest BCUT2D eigenvalue weighted by Crippen LogP contribution is 2.29. The molecule has 0 radical (unpaired) electrons. The third-order valence-electron chi connectivity index (χ3n) is 6.27. The van der Waals surface area contributed by atoms with Crippen LogP contribution in [0.5, 0.6) is 0 Å². The van der Waals surface area contributed by atoms with E-state index < -0.39 is 6.04 Å². The van der Waals surface area contributed by atoms with Crippen molar-refractivity contribution in [2.45, 2.75) is 70.1 Å². The summed E-state index contributed by atoms with van der Waals surface area (Å²) in [6.07, 6.45) is 7.02. The van der Waals surface area contributed by atoms with Crippen LogP contribution in [0.4, 0.5) is 0 Å². The smallest absolute Gasteiger partial charge is 0.255 e. The van der Waals surface area contributed by atoms with Gasteiger partial charge in [0.05, 0.1) is 0 Å². The summed E-state index contributed by atoms with van der Waals surface area (Å²) in [4.78, 5) is 38.3. The van der Waals surface area contributed by atoms with E-state index in [1.54, 1.807) is 4.90 Å². The van der Waals surface area contributed by atoms with Crippen LogP contribution >= 0.6 is 0 Å². The number of nitrogens with zero attached hydrogens (tertiary/aromatic N) is 1. The lowest BCUT2D eigenvalue weighted by Gasteiger charge is -2.29. The molecule has 0 spiro atoms. The van der Waals surface area contributed by atoms with Gasteiger partial charge in [0.2, 0.25) is 11.8 Å². The van der Waals surface area contributed by atoms with Crippen LogP contribution in [0.3, 0.4) is 0 Å². The predicted octanol–water partition coefficient (Wildman–Crippen LogP) is 1.46. The fraction of sp³-hybridized carbons (Fsp3) is 0.591. The topological polar surface area (TPSA) is 90.5 Å². The number of hydrogen-bond acceptors (Lipinski definition) is 5. The highest BCUT2D eigenvalue weighted by Gasteiger charge is 2.39. The standard InChI is InChI=1S/C22H30N4O3/c27-19-10-9-18(21(28)25-19)26-14-16-6-3-5-15(20(16)22(26)29)13-23-11-4-12-24-17-7-1-2-8-17/h3,5-6,17-18,23-24H,1-2,4,7-14H2,(H,25,27,28). The molecule has 3 N–H and O–H groups in total. The van der Waals surface area contributed by atoms with Crippen LogP contribution in [-0.4, -0.2) is 47.8 Å². The van der Waals surface area contributed by atoms with Gasteiger partial charge >= 0.3 is 0 Å². The molecule has 156 valence electrons. The Kier molecular flexibility index (Phi) is 6.25. The molecule has 1 atom stereocenters. The van der Waals surface area contributed by atoms with Gasteiger partial charge in [0.15, 0.2) is 0 Å². The highest BCUT2D eigenvalue weighted by molar-refractivity contribution is 6.05. The maximum absolute atomic E-state index is 13.0. The third-order valence-corrected chi connectivity index (χ3v) is 6.27. The summed E-state index contributed by atoms with van der Waals surface area (Å²) >= 11 is 0. The molecule has 2 heterocycles. The number of piperidine rings is 1. The van der Waals surface area contributed by atoms with Crippen molar-refractivity contribution in [2.75, 3.05) is 13.1 Å². The second-order valence-electron chi connectivity index (χ2n) is 8.32. The largest absolute Gasteiger partial charge is 0.322 e. The van der Waals surface area contributed by atoms with E-state index in [2.05, 4.69) is 16.0 Å². The van der Waals surface area contributed by atoms with Crippen molar-refractivity contribution in [2.24, 2.45) is 0 Å². The van der Waals surface area contributed by atoms with Crippen LogP contribution in [-0.2, 0) is 22.7 Å². The van der Waals surface area contributed by atoms with Gasteiger partial charge in [0, 0.05) is 31.1 Å². The molecule has 1 aromatic rings. The fourth-order valence-corrected chi connectivity index (χ4v) is 4.71. The van der Waals surface area contributed by atoms with Crippen molar-refractivity contribution in [1.82, 2.24) is 20.9 Å². The molecule has 2 fully saturated rings. The Morgan fingerprint density at radius 1 is 1.07 bits per heavy atom. The number of nitrogens with one attached hydrogen (secondary N) is 3. The maximum Gasteiger partial charge on any atom is 0.255 e. The molecule has 2 aliphatic heterocycles. The molecule has 7 nitrogen and oxygen atoms in total. The van der Waals surface area contributed by atoms with Gasteiger partial charge in [-0.1, -0.05) is 31.0 Å². The molecule has 1 saturated carbocycles. The van der Waals surface area contributed by atoms with Gasteiger partial charge in [-0.2, -0.15) is 0 Å². The van der Waals surface area contributed by atoms with E-state index >= 15 is 0 Å². The molecule has 0 bridgehead atoms. The molecular formula is C22H30N4O3. The van der Waals surface area contributed by atoms with Crippen molar-refractivity contribution in [1.29, 1.82) is 0 Å². The number of hydrogen-bond donors (Lipinski definition) is 3. The van der Waals surface area contributed by atoms with Gasteiger partial charge in [0.25, 0.3) is 5.91 Å². The van der Waals surface area contributed by atoms with E-state index in [4.69, 9.17) is 0 Å². The number of carbonyl (C=O) groups is 3. The predicted molar refractivity (Wildman–Crippen MR) is 109 cm³/mol. The second-order valence-corrected chi connectivity index (χ2v) is 8.32. The molecule has 3 aliphatic rings. The first-order valence-electron chi connectivity index (χ1n) is 10.8. The fourth-order valence-electron chi connectivity index (χ4n) is 4.71. The Morgan fingerprint density at radius 2 is 1.90 bits per heavy atom. The van der Waals surface area contributed by atoms with Crippen molar-refractivity contribution >= 4 is 17.7 Å². The second kappa shape index (κ2) is 9.05. The molecule has 1 aromatic carbocycles. The molecule has 1 aliphatic carbocycles. The number of amides is 3. The average Bonchev–Trinajstić information content (AvgIpc) is 3.33. The first-order valence-corrected chi connectivity index (χ1v) is 10.8. The van der Waals surface area contributed by atoms with E-state index in [0.29, 0.717) is 31.1 Å². The third kappa shape index (κ3) is 4.51. The monoisotopic (exact) mass is 398 g/mol. The average molecular weight is 399 g/mol. The number of fused-ring (bicyclic) bond motifs is 1. The van der Waals surface area contributed by atoms with Crippen LogP contribution < -0.4 is 16.0 Å². The summed E-state index contributed by atoms with van der Waals surface area (Å²) in [5.74, 6) is -0.727. The van der Waals surface area contributed by atoms with Gasteiger partial charge in [-0.3, -0.25) is 19.7 Å². The van der Waals surface area contributed by atoms with Gasteiger partial charge in [-0.15, -0.1) is 0 Å². The first kappa shape index (κ1) is 20.0. The first-order chi connectivity index (χ1) is 14.1. The molecule has 0 aromatic heterocycles. The van der Waals surface area contributed by atoms with Crippen LogP contribution in [0, 0.1) is 0 Å². The SMILES string of the molecule is O=C1CCC(N2Cc3cccc(CNCCCNC4CCCC4)c3C2=O)C(=O)N1. The summed E-state index contributed by atoms with van der Waals surface area (Å²) in [6.45, 7) is 2.99. The Morgan fingerprint density at radius 3 is 2.69 bits per heavy atom. The quantitative estimate of drug-likeness (QED) is 0.456. The molecule has 29 heavy (non-hydrogen) atoms. The van der Waals surface area contributed by atoms with Crippen LogP contribution in [0.15, 0.2) is 18.2 Å². The summed E-state index contributed by atoms with van der Waals surface area (Å²) in [7, 11) is 0. The minimum Gasteiger partial charge on any atom is -0.322 e. The zero-order chi connectivity index (χ0) is 20.2. The van der Waals surface area contributed by atoms with Gasteiger partial charge in [-0.05, 0) is 49.9 Å². The molecule has 1 saturated heterocycles. The molecule has 3 amide bonds. The van der Waals surface area contributed by atoms with Gasteiger partial charge in [0.1, 0.15) is 6.04 Å². The van der Waals surface area contributed by atoms with Crippen molar-refractivity contribution in [3.63, 3.8) is 0 Å². The van der Waals surface area contributed by atoms with Crippen LogP contribution in [0.1, 0.15) is 66.4 Å². The summed E-state index contributed by atoms with van der Waals surface area (Å²) < 4.78 is 0. The number of carbonyl (C=O) groups excluding carboxylic acids is 3. The highest BCUT2D eigenvalue weighted by atomic mass is 16.2. The van der Waals surface area contributed by atoms with Crippen LogP contribution in [0.25, 0.3) is 0 Å². The molecule has 7 heteroatoms. The Bertz CT molecular complexity index is 788. The minimum absolute atomic E-state index is 0.102. The van der Waals surface area contributed by atoms with Gasteiger partial charge < -0.3 is 15.5 Å². The molecular weight excluding hydrogens is 368 g/mol. The number of benzene rings is 1. The summed E-state index contributed by atoms with van der Waals surface area (Å²) in [5.41, 5.74) is 2.65.